The standard InChI is InChI=1S/C19H19FN2O2/c1-13-2-8-16(9-3-13)22-18(24)19(10-11-19)17(23)21-12-14-4-6-15(20)7-5-14/h2-9H,10-12H2,1H3,(H,21,23)(H,22,24). The molecular weight excluding hydrogens is 307 g/mol. The maximum absolute atomic E-state index is 12.9. The molecule has 0 heterocycles. The lowest BCUT2D eigenvalue weighted by molar-refractivity contribution is -0.134. The Morgan fingerprint density at radius 2 is 1.62 bits per heavy atom. The van der Waals surface area contributed by atoms with Gasteiger partial charge in [0.1, 0.15) is 11.2 Å². The van der Waals surface area contributed by atoms with Crippen LogP contribution in [0.5, 0.6) is 0 Å². The van der Waals surface area contributed by atoms with Crippen molar-refractivity contribution in [3.8, 4) is 0 Å². The molecule has 0 aliphatic heterocycles. The number of amides is 2. The van der Waals surface area contributed by atoms with Gasteiger partial charge in [0, 0.05) is 12.2 Å². The molecule has 5 heteroatoms. The monoisotopic (exact) mass is 326 g/mol. The third kappa shape index (κ3) is 3.45. The summed E-state index contributed by atoms with van der Waals surface area (Å²) in [6.07, 6.45) is 1.08. The van der Waals surface area contributed by atoms with Crippen LogP contribution in [-0.2, 0) is 16.1 Å². The fraction of sp³-hybridized carbons (Fsp3) is 0.263. The highest BCUT2D eigenvalue weighted by atomic mass is 19.1. The molecule has 24 heavy (non-hydrogen) atoms. The van der Waals surface area contributed by atoms with Crippen LogP contribution < -0.4 is 10.6 Å². The van der Waals surface area contributed by atoms with E-state index >= 15 is 0 Å². The van der Waals surface area contributed by atoms with Gasteiger partial charge in [0.15, 0.2) is 0 Å². The van der Waals surface area contributed by atoms with Crippen LogP contribution in [0.15, 0.2) is 48.5 Å². The SMILES string of the molecule is Cc1ccc(NC(=O)C2(C(=O)NCc3ccc(F)cc3)CC2)cc1. The summed E-state index contributed by atoms with van der Waals surface area (Å²) in [5, 5.41) is 5.58. The van der Waals surface area contributed by atoms with Crippen molar-refractivity contribution in [3.05, 3.63) is 65.5 Å². The number of hydrogen-bond acceptors (Lipinski definition) is 2. The number of benzene rings is 2. The Morgan fingerprint density at radius 1 is 1.00 bits per heavy atom. The van der Waals surface area contributed by atoms with Crippen molar-refractivity contribution in [2.24, 2.45) is 5.41 Å². The molecule has 124 valence electrons. The van der Waals surface area contributed by atoms with Crippen LogP contribution in [0.3, 0.4) is 0 Å². The number of carbonyl (C=O) groups excluding carboxylic acids is 2. The van der Waals surface area contributed by atoms with Crippen molar-refractivity contribution in [3.63, 3.8) is 0 Å². The minimum atomic E-state index is -0.981. The molecule has 0 bridgehead atoms. The molecule has 1 saturated carbocycles. The molecule has 0 saturated heterocycles. The van der Waals surface area contributed by atoms with E-state index in [1.807, 2.05) is 31.2 Å². The quantitative estimate of drug-likeness (QED) is 0.829. The first-order valence-electron chi connectivity index (χ1n) is 7.90. The summed E-state index contributed by atoms with van der Waals surface area (Å²) < 4.78 is 12.9. The van der Waals surface area contributed by atoms with Gasteiger partial charge in [-0.3, -0.25) is 9.59 Å². The lowest BCUT2D eigenvalue weighted by atomic mass is 10.0. The number of aryl methyl sites for hydroxylation is 1. The molecule has 2 N–H and O–H groups in total. The third-order valence-corrected chi connectivity index (χ3v) is 4.30. The van der Waals surface area contributed by atoms with Gasteiger partial charge in [-0.15, -0.1) is 0 Å². The Hall–Kier alpha value is -2.69. The molecule has 1 aliphatic carbocycles. The fourth-order valence-corrected chi connectivity index (χ4v) is 2.52. The lowest BCUT2D eigenvalue weighted by Crippen LogP contribution is -2.39. The van der Waals surface area contributed by atoms with Crippen LogP contribution in [0, 0.1) is 18.2 Å². The zero-order valence-electron chi connectivity index (χ0n) is 13.4. The molecule has 1 aliphatic rings. The highest BCUT2D eigenvalue weighted by molar-refractivity contribution is 6.13. The summed E-state index contributed by atoms with van der Waals surface area (Å²) in [7, 11) is 0. The Kier molecular flexibility index (Phi) is 4.34. The molecule has 2 amide bonds. The van der Waals surface area contributed by atoms with E-state index in [1.165, 1.54) is 12.1 Å². The maximum Gasteiger partial charge on any atom is 0.240 e. The van der Waals surface area contributed by atoms with E-state index in [0.29, 0.717) is 18.5 Å². The maximum atomic E-state index is 12.9. The zero-order chi connectivity index (χ0) is 17.2. The number of hydrogen-bond donors (Lipinski definition) is 2. The minimum Gasteiger partial charge on any atom is -0.351 e. The smallest absolute Gasteiger partial charge is 0.240 e. The van der Waals surface area contributed by atoms with E-state index in [1.54, 1.807) is 12.1 Å². The van der Waals surface area contributed by atoms with E-state index in [2.05, 4.69) is 10.6 Å². The molecule has 0 unspecified atom stereocenters. The van der Waals surface area contributed by atoms with Crippen molar-refractivity contribution in [1.82, 2.24) is 5.32 Å². The second-order valence-corrected chi connectivity index (χ2v) is 6.21. The largest absolute Gasteiger partial charge is 0.351 e. The predicted molar refractivity (Wildman–Crippen MR) is 89.7 cm³/mol. The lowest BCUT2D eigenvalue weighted by Gasteiger charge is -2.15. The van der Waals surface area contributed by atoms with Gasteiger partial charge in [-0.1, -0.05) is 29.8 Å². The highest BCUT2D eigenvalue weighted by Gasteiger charge is 2.56. The third-order valence-electron chi connectivity index (χ3n) is 4.30. The predicted octanol–water partition coefficient (Wildman–Crippen LogP) is 3.17. The summed E-state index contributed by atoms with van der Waals surface area (Å²) in [6, 6.07) is 13.4. The topological polar surface area (TPSA) is 58.2 Å². The summed E-state index contributed by atoms with van der Waals surface area (Å²) in [4.78, 5) is 24.9. The summed E-state index contributed by atoms with van der Waals surface area (Å²) in [5.74, 6) is -0.874. The molecule has 2 aromatic carbocycles. The number of anilines is 1. The van der Waals surface area contributed by atoms with Crippen LogP contribution in [0.1, 0.15) is 24.0 Å². The first-order valence-corrected chi connectivity index (χ1v) is 7.90. The summed E-state index contributed by atoms with van der Waals surface area (Å²) >= 11 is 0. The van der Waals surface area contributed by atoms with Gasteiger partial charge >= 0.3 is 0 Å². The van der Waals surface area contributed by atoms with Gasteiger partial charge in [-0.25, -0.2) is 4.39 Å². The van der Waals surface area contributed by atoms with E-state index in [0.717, 1.165) is 11.1 Å². The fourth-order valence-electron chi connectivity index (χ4n) is 2.52. The van der Waals surface area contributed by atoms with Gasteiger partial charge < -0.3 is 10.6 Å². The van der Waals surface area contributed by atoms with Crippen molar-refractivity contribution >= 4 is 17.5 Å². The van der Waals surface area contributed by atoms with E-state index in [9.17, 15) is 14.0 Å². The first-order chi connectivity index (χ1) is 11.5. The van der Waals surface area contributed by atoms with Gasteiger partial charge in [0.25, 0.3) is 0 Å². The Bertz CT molecular complexity index is 750. The Labute approximate surface area is 140 Å². The molecule has 1 fully saturated rings. The molecule has 4 nitrogen and oxygen atoms in total. The first kappa shape index (κ1) is 16.2. The van der Waals surface area contributed by atoms with Crippen LogP contribution in [0.4, 0.5) is 10.1 Å². The Balaban J connectivity index is 1.60. The van der Waals surface area contributed by atoms with E-state index in [-0.39, 0.29) is 24.2 Å². The van der Waals surface area contributed by atoms with Crippen LogP contribution in [0.25, 0.3) is 0 Å². The number of carbonyl (C=O) groups is 2. The molecule has 2 aromatic rings. The summed E-state index contributed by atoms with van der Waals surface area (Å²) in [5.41, 5.74) is 1.60. The van der Waals surface area contributed by atoms with Crippen LogP contribution >= 0.6 is 0 Å². The molecule has 3 rings (SSSR count). The van der Waals surface area contributed by atoms with Crippen molar-refractivity contribution in [2.75, 3.05) is 5.32 Å². The Morgan fingerprint density at radius 3 is 2.21 bits per heavy atom. The van der Waals surface area contributed by atoms with Crippen molar-refractivity contribution < 1.29 is 14.0 Å². The molecule has 0 radical (unpaired) electrons. The molecule has 0 aromatic heterocycles. The van der Waals surface area contributed by atoms with Gasteiger partial charge in [0.2, 0.25) is 11.8 Å². The molecule has 0 spiro atoms. The second kappa shape index (κ2) is 6.43. The summed E-state index contributed by atoms with van der Waals surface area (Å²) in [6.45, 7) is 2.25. The van der Waals surface area contributed by atoms with Crippen molar-refractivity contribution in [1.29, 1.82) is 0 Å². The molecule has 0 atom stereocenters. The van der Waals surface area contributed by atoms with Gasteiger partial charge in [-0.05, 0) is 49.6 Å². The highest BCUT2D eigenvalue weighted by Crippen LogP contribution is 2.46. The van der Waals surface area contributed by atoms with Crippen LogP contribution in [-0.4, -0.2) is 11.8 Å². The molecular formula is C19H19FN2O2. The van der Waals surface area contributed by atoms with Gasteiger partial charge in [0.05, 0.1) is 0 Å². The number of halogens is 1. The van der Waals surface area contributed by atoms with E-state index in [4.69, 9.17) is 0 Å². The van der Waals surface area contributed by atoms with E-state index < -0.39 is 5.41 Å². The second-order valence-electron chi connectivity index (χ2n) is 6.21. The van der Waals surface area contributed by atoms with Crippen LogP contribution in [0.2, 0.25) is 0 Å². The zero-order valence-corrected chi connectivity index (χ0v) is 13.4. The average molecular weight is 326 g/mol. The normalized spacial score (nSPS) is 14.8. The van der Waals surface area contributed by atoms with Gasteiger partial charge in [-0.2, -0.15) is 0 Å². The number of rotatable bonds is 5. The van der Waals surface area contributed by atoms with Crippen molar-refractivity contribution in [2.45, 2.75) is 26.3 Å². The minimum absolute atomic E-state index is 0.275. The number of nitrogens with one attached hydrogen (secondary N) is 2. The average Bonchev–Trinajstić information content (AvgIpc) is 3.38.